The lowest BCUT2D eigenvalue weighted by atomic mass is 9.91. The fraction of sp³-hybridized carbons (Fsp3) is 0.817. The number of nitrogens with one attached hydrogen (secondary N) is 4. The number of hydrogen-bond acceptors (Lipinski definition) is 12. The molecule has 1 unspecified atom stereocenters. The summed E-state index contributed by atoms with van der Waals surface area (Å²) in [6.07, 6.45) is -1.38. The molecule has 0 aromatic carbocycles. The molecule has 0 aromatic rings. The Labute approximate surface area is 501 Å². The average molecular weight is 1190 g/mol. The smallest absolute Gasteiger partial charge is 0.246 e. The van der Waals surface area contributed by atoms with Gasteiger partial charge >= 0.3 is 0 Å². The van der Waals surface area contributed by atoms with Crippen LogP contribution in [0.1, 0.15) is 149 Å². The van der Waals surface area contributed by atoms with Crippen LogP contribution in [-0.2, 0) is 52.7 Å². The third kappa shape index (κ3) is 20.9. The van der Waals surface area contributed by atoms with Crippen LogP contribution in [0.5, 0.6) is 0 Å². The Hall–Kier alpha value is -5.94. The Kier molecular flexibility index (Phi) is 31.0. The van der Waals surface area contributed by atoms with Gasteiger partial charge in [0, 0.05) is 49.3 Å². The van der Waals surface area contributed by atoms with Gasteiger partial charge in [0.05, 0.1) is 19.3 Å². The predicted molar refractivity (Wildman–Crippen MR) is 320 cm³/mol. The summed E-state index contributed by atoms with van der Waals surface area (Å²) in [5.41, 5.74) is 0. The first-order valence-corrected chi connectivity index (χ1v) is 30.0. The first-order valence-electron chi connectivity index (χ1n) is 30.0. The molecule has 0 bridgehead atoms. The third-order valence-corrected chi connectivity index (χ3v) is 15.9. The maximum Gasteiger partial charge on any atom is 0.246 e. The zero-order valence-corrected chi connectivity index (χ0v) is 55.0. The number of likely N-dealkylation sites (N-methyl/N-ethyl adjacent to an activating group) is 7. The zero-order valence-electron chi connectivity index (χ0n) is 55.0. The van der Waals surface area contributed by atoms with E-state index in [1.807, 2.05) is 55.4 Å². The number of halogens is 1. The molecule has 0 spiro atoms. The van der Waals surface area contributed by atoms with E-state index >= 15 is 9.59 Å². The summed E-state index contributed by atoms with van der Waals surface area (Å²) >= 11 is 0. The van der Waals surface area contributed by atoms with Crippen LogP contribution < -0.4 is 21.3 Å². The summed E-state index contributed by atoms with van der Waals surface area (Å²) in [6.45, 7) is 26.1. The number of rotatable bonds is 15. The van der Waals surface area contributed by atoms with Crippen LogP contribution in [0.3, 0.4) is 0 Å². The molecule has 5 N–H and O–H groups in total. The highest BCUT2D eigenvalue weighted by atomic mass is 19.1. The van der Waals surface area contributed by atoms with Crippen molar-refractivity contribution in [3.05, 3.63) is 0 Å². The third-order valence-electron chi connectivity index (χ3n) is 15.9. The van der Waals surface area contributed by atoms with Gasteiger partial charge in [0.15, 0.2) is 0 Å². The van der Waals surface area contributed by atoms with E-state index in [1.54, 1.807) is 34.6 Å². The van der Waals surface area contributed by atoms with Gasteiger partial charge in [0.2, 0.25) is 65.0 Å². The van der Waals surface area contributed by atoms with Gasteiger partial charge in [-0.15, -0.1) is 0 Å². The van der Waals surface area contributed by atoms with Crippen molar-refractivity contribution in [1.82, 2.24) is 55.6 Å². The number of alkyl halides is 1. The van der Waals surface area contributed by atoms with Crippen LogP contribution in [0, 0.1) is 41.4 Å². The van der Waals surface area contributed by atoms with Crippen molar-refractivity contribution in [2.75, 3.05) is 62.6 Å². The standard InChI is InChI=1S/C60H108FN11O12/c1-24-41-56(80)66(17)31-46(73)67(18)42(27-32(2)3)53(77)65-47(36(10)11)59(83)68(19)43(28-33(4)5)52(76)62-39(15)51(75)63-40(16)55(79)69(20)44(29-34(6)7)57(81)70(21)45(30-35(8)9)58(82)71(22)48(37(12)13)60(84)72(23)49(54(78)64-41)50(74)38(14)25-26-61/h32-45,47-50,74H,24-31H2,1-23H3,(H,62,76)(H,63,75)(H,64,78)(H,65,77)/t38-,39+,40-,41+,42+,43+,44+,45+,47+,48+,49?,50-/m1/s1. The summed E-state index contributed by atoms with van der Waals surface area (Å²) in [6, 6.07) is -12.7. The minimum atomic E-state index is -1.74. The molecule has 84 heavy (non-hydrogen) atoms. The van der Waals surface area contributed by atoms with Gasteiger partial charge < -0.3 is 60.7 Å². The second kappa shape index (κ2) is 34.3. The molecule has 1 heterocycles. The number of aliphatic hydroxyl groups excluding tert-OH is 1. The largest absolute Gasteiger partial charge is 0.390 e. The minimum Gasteiger partial charge on any atom is -0.390 e. The molecule has 1 aliphatic heterocycles. The van der Waals surface area contributed by atoms with Gasteiger partial charge in [-0.25, -0.2) is 0 Å². The van der Waals surface area contributed by atoms with Crippen LogP contribution in [0.25, 0.3) is 0 Å². The highest BCUT2D eigenvalue weighted by Gasteiger charge is 2.46. The molecular weight excluding hydrogens is 1090 g/mol. The summed E-state index contributed by atoms with van der Waals surface area (Å²) in [4.78, 5) is 168. The van der Waals surface area contributed by atoms with Gasteiger partial charge in [0.1, 0.15) is 60.4 Å². The molecule has 24 heteroatoms. The number of aliphatic hydroxyl groups is 1. The summed E-state index contributed by atoms with van der Waals surface area (Å²) < 4.78 is 13.9. The van der Waals surface area contributed by atoms with Crippen molar-refractivity contribution < 1.29 is 62.2 Å². The Morgan fingerprint density at radius 3 is 1.30 bits per heavy atom. The van der Waals surface area contributed by atoms with Crippen LogP contribution in [0.15, 0.2) is 0 Å². The summed E-state index contributed by atoms with van der Waals surface area (Å²) in [5.74, 6) is -10.5. The fourth-order valence-corrected chi connectivity index (χ4v) is 10.5. The average Bonchev–Trinajstić information content (AvgIpc) is 2.71. The van der Waals surface area contributed by atoms with Crippen LogP contribution in [0.4, 0.5) is 4.39 Å². The normalized spacial score (nSPS) is 27.0. The lowest BCUT2D eigenvalue weighted by molar-refractivity contribution is -0.157. The Balaban J connectivity index is 4.30. The quantitative estimate of drug-likeness (QED) is 0.158. The molecule has 0 radical (unpaired) electrons. The molecule has 1 aliphatic rings. The van der Waals surface area contributed by atoms with Crippen LogP contribution >= 0.6 is 0 Å². The van der Waals surface area contributed by atoms with E-state index in [4.69, 9.17) is 0 Å². The number of carbonyl (C=O) groups is 11. The topological polar surface area (TPSA) is 279 Å². The first-order chi connectivity index (χ1) is 38.7. The monoisotopic (exact) mass is 1190 g/mol. The Morgan fingerprint density at radius 2 is 0.857 bits per heavy atom. The van der Waals surface area contributed by atoms with E-state index in [1.165, 1.54) is 94.6 Å². The molecule has 0 saturated carbocycles. The molecule has 0 aliphatic carbocycles. The Morgan fingerprint density at radius 1 is 0.452 bits per heavy atom. The van der Waals surface area contributed by atoms with E-state index in [0.29, 0.717) is 0 Å². The molecule has 12 atom stereocenters. The molecule has 11 amide bonds. The minimum absolute atomic E-state index is 0.0268. The fourth-order valence-electron chi connectivity index (χ4n) is 10.5. The van der Waals surface area contributed by atoms with E-state index in [0.717, 1.165) is 9.80 Å². The molecular formula is C60H108FN11O12. The van der Waals surface area contributed by atoms with Crippen LogP contribution in [0.2, 0.25) is 0 Å². The predicted octanol–water partition coefficient (Wildman–Crippen LogP) is 2.66. The molecule has 0 aromatic heterocycles. The second-order valence-corrected chi connectivity index (χ2v) is 25.8. The molecule has 1 rings (SSSR count). The molecule has 1 saturated heterocycles. The highest BCUT2D eigenvalue weighted by Crippen LogP contribution is 2.25. The van der Waals surface area contributed by atoms with Crippen molar-refractivity contribution in [2.24, 2.45) is 41.4 Å². The van der Waals surface area contributed by atoms with Gasteiger partial charge in [-0.2, -0.15) is 0 Å². The first kappa shape index (κ1) is 76.1. The van der Waals surface area contributed by atoms with E-state index in [-0.39, 0.29) is 62.2 Å². The highest BCUT2D eigenvalue weighted by molar-refractivity contribution is 5.99. The van der Waals surface area contributed by atoms with E-state index < -0.39 is 162 Å². The van der Waals surface area contributed by atoms with Crippen molar-refractivity contribution in [1.29, 1.82) is 0 Å². The zero-order chi connectivity index (χ0) is 65.3. The van der Waals surface area contributed by atoms with Gasteiger partial charge in [-0.3, -0.25) is 57.1 Å². The van der Waals surface area contributed by atoms with Crippen LogP contribution in [-0.4, -0.2) is 233 Å². The summed E-state index contributed by atoms with van der Waals surface area (Å²) in [7, 11) is 9.67. The Bertz CT molecular complexity index is 2270. The van der Waals surface area contributed by atoms with Crippen molar-refractivity contribution in [3.63, 3.8) is 0 Å². The van der Waals surface area contributed by atoms with Crippen molar-refractivity contribution >= 4 is 65.0 Å². The molecule has 23 nitrogen and oxygen atoms in total. The number of nitrogens with zero attached hydrogens (tertiary/aromatic N) is 7. The number of carbonyl (C=O) groups excluding carboxylic acids is 11. The van der Waals surface area contributed by atoms with E-state index in [2.05, 4.69) is 21.3 Å². The number of hydrogen-bond donors (Lipinski definition) is 5. The van der Waals surface area contributed by atoms with Gasteiger partial charge in [-0.1, -0.05) is 96.9 Å². The molecule has 1 fully saturated rings. The lowest BCUT2D eigenvalue weighted by Crippen LogP contribution is -2.63. The van der Waals surface area contributed by atoms with E-state index in [9.17, 15) is 52.6 Å². The van der Waals surface area contributed by atoms with Gasteiger partial charge in [-0.05, 0) is 93.8 Å². The van der Waals surface area contributed by atoms with Crippen molar-refractivity contribution in [3.8, 4) is 0 Å². The molecule has 482 valence electrons. The summed E-state index contributed by atoms with van der Waals surface area (Å²) in [5, 5.41) is 22.7. The maximum atomic E-state index is 15.0. The van der Waals surface area contributed by atoms with Crippen molar-refractivity contribution in [2.45, 2.75) is 216 Å². The SMILES string of the molecule is CC[C@@H]1NC(=O)C([C@H](O)[C@H](C)CCF)N(C)C(=O)[C@H](C(C)C)N(C)C(=O)[C@H](CC(C)C)N(C)C(=O)[C@H](CC(C)C)N(C)C(=O)[C@@H](C)NC(=O)[C@H](C)NC(=O)[C@H](CC(C)C)N(C)C(=O)[C@H](C(C)C)NC(=O)[C@H](CC(C)C)N(C)C(=O)CN(C)C1=O. The maximum absolute atomic E-state index is 15.0. The number of amides is 11. The lowest BCUT2D eigenvalue weighted by Gasteiger charge is -2.41. The van der Waals surface area contributed by atoms with Gasteiger partial charge in [0.25, 0.3) is 0 Å². The second-order valence-electron chi connectivity index (χ2n) is 25.8.